The first kappa shape index (κ1) is 10.7. The van der Waals surface area contributed by atoms with Crippen LogP contribution in [0.25, 0.3) is 0 Å². The van der Waals surface area contributed by atoms with Gasteiger partial charge < -0.3 is 4.74 Å². The second-order valence-corrected chi connectivity index (χ2v) is 10.2. The van der Waals surface area contributed by atoms with Gasteiger partial charge in [-0.3, -0.25) is 4.79 Å². The van der Waals surface area contributed by atoms with Crippen molar-refractivity contribution in [1.82, 2.24) is 0 Å². The third-order valence-electron chi connectivity index (χ3n) is 1.32. The summed E-state index contributed by atoms with van der Waals surface area (Å²) in [5.74, 6) is 0. The molecule has 2 nitrogen and oxygen atoms in total. The second-order valence-electron chi connectivity index (χ2n) is 4.71. The van der Waals surface area contributed by atoms with Crippen LogP contribution in [0.2, 0.25) is 25.7 Å². The normalized spacial score (nSPS) is 12.8. The van der Waals surface area contributed by atoms with Crippen LogP contribution >= 0.6 is 0 Å². The quantitative estimate of drug-likeness (QED) is 0.483. The lowest BCUT2D eigenvalue weighted by Crippen LogP contribution is -2.35. The molecule has 0 spiro atoms. The van der Waals surface area contributed by atoms with Crippen molar-refractivity contribution in [3.8, 4) is 0 Å². The van der Waals surface area contributed by atoms with Crippen LogP contribution < -0.4 is 0 Å². The molecule has 0 aliphatic carbocycles. The molecule has 0 aliphatic heterocycles. The molecule has 0 N–H and O–H groups in total. The van der Waals surface area contributed by atoms with Crippen LogP contribution in [0.4, 0.5) is 0 Å². The van der Waals surface area contributed by atoms with Gasteiger partial charge in [-0.1, -0.05) is 19.6 Å². The molecule has 0 saturated carbocycles. The minimum absolute atomic E-state index is 0.272. The average molecular weight is 174 g/mol. The van der Waals surface area contributed by atoms with E-state index in [1.165, 1.54) is 0 Å². The maximum absolute atomic E-state index is 10.1. The molecule has 3 heteroatoms. The van der Waals surface area contributed by atoms with E-state index < -0.39 is 8.07 Å². The molecule has 0 fully saturated rings. The number of rotatable bonds is 4. The molecular weight excluding hydrogens is 156 g/mol. The molecule has 0 aliphatic rings. The molecule has 0 saturated heterocycles. The molecule has 0 rings (SSSR count). The number of hydrogen-bond donors (Lipinski definition) is 0. The van der Waals surface area contributed by atoms with Crippen molar-refractivity contribution in [3.05, 3.63) is 0 Å². The fraction of sp³-hybridized carbons (Fsp3) is 0.875. The van der Waals surface area contributed by atoms with Gasteiger partial charge in [-0.25, -0.2) is 0 Å². The van der Waals surface area contributed by atoms with Crippen LogP contribution in [0.3, 0.4) is 0 Å². The van der Waals surface area contributed by atoms with Crippen LogP contribution in [0.5, 0.6) is 0 Å². The van der Waals surface area contributed by atoms with E-state index in [-0.39, 0.29) is 5.60 Å². The Balaban J connectivity index is 4.00. The van der Waals surface area contributed by atoms with Gasteiger partial charge in [-0.2, -0.15) is 0 Å². The van der Waals surface area contributed by atoms with Gasteiger partial charge in [0.2, 0.25) is 0 Å². The zero-order chi connectivity index (χ0) is 9.12. The van der Waals surface area contributed by atoms with E-state index in [0.29, 0.717) is 6.47 Å². The Kier molecular flexibility index (Phi) is 3.29. The summed E-state index contributed by atoms with van der Waals surface area (Å²) >= 11 is 0. The number of carbonyl (C=O) groups excluding carboxylic acids is 1. The Morgan fingerprint density at radius 3 is 2.09 bits per heavy atom. The predicted octanol–water partition coefficient (Wildman–Crippen LogP) is 2.28. The molecule has 0 bridgehead atoms. The summed E-state index contributed by atoms with van der Waals surface area (Å²) in [6.45, 7) is 11.3. The Labute approximate surface area is 69.9 Å². The van der Waals surface area contributed by atoms with Gasteiger partial charge >= 0.3 is 0 Å². The molecule has 0 unspecified atom stereocenters. The Morgan fingerprint density at radius 1 is 1.36 bits per heavy atom. The first-order valence-electron chi connectivity index (χ1n) is 3.88. The van der Waals surface area contributed by atoms with E-state index in [9.17, 15) is 4.79 Å². The smallest absolute Gasteiger partial charge is 0.293 e. The Hall–Kier alpha value is -0.313. The molecule has 0 aromatic carbocycles. The predicted molar refractivity (Wildman–Crippen MR) is 49.4 cm³/mol. The van der Waals surface area contributed by atoms with Gasteiger partial charge in [0.05, 0.1) is 0 Å². The third kappa shape index (κ3) is 6.10. The summed E-state index contributed by atoms with van der Waals surface area (Å²) in [6.07, 6.45) is 0. The monoisotopic (exact) mass is 174 g/mol. The van der Waals surface area contributed by atoms with Crippen molar-refractivity contribution in [2.75, 3.05) is 0 Å². The lowest BCUT2D eigenvalue weighted by atomic mass is 10.2. The summed E-state index contributed by atoms with van der Waals surface area (Å²) in [6, 6.07) is 1.01. The molecule has 0 heterocycles. The van der Waals surface area contributed by atoms with E-state index in [4.69, 9.17) is 4.74 Å². The summed E-state index contributed by atoms with van der Waals surface area (Å²) < 4.78 is 4.96. The summed E-state index contributed by atoms with van der Waals surface area (Å²) in [5.41, 5.74) is -0.272. The lowest BCUT2D eigenvalue weighted by molar-refractivity contribution is -0.138. The van der Waals surface area contributed by atoms with Gasteiger partial charge in [0, 0.05) is 8.07 Å². The standard InChI is InChI=1S/C8H18O2Si/c1-8(2,10-7-9)6-11(3,4)5/h7H,6H2,1-5H3. The van der Waals surface area contributed by atoms with Crippen LogP contribution in [0, 0.1) is 0 Å². The van der Waals surface area contributed by atoms with E-state index in [1.54, 1.807) is 0 Å². The molecule has 0 aromatic heterocycles. The minimum Gasteiger partial charge on any atom is -0.462 e. The maximum atomic E-state index is 10.1. The molecule has 0 atom stereocenters. The SMILES string of the molecule is CC(C)(C[Si](C)(C)C)OC=O. The topological polar surface area (TPSA) is 26.3 Å². The minimum atomic E-state index is -1.11. The molecule has 0 aromatic rings. The first-order valence-corrected chi connectivity index (χ1v) is 7.59. The third-order valence-corrected chi connectivity index (χ3v) is 3.24. The number of carbonyl (C=O) groups is 1. The van der Waals surface area contributed by atoms with Crippen molar-refractivity contribution in [1.29, 1.82) is 0 Å². The van der Waals surface area contributed by atoms with Crippen molar-refractivity contribution in [3.63, 3.8) is 0 Å². The highest BCUT2D eigenvalue weighted by atomic mass is 28.3. The summed E-state index contributed by atoms with van der Waals surface area (Å²) in [4.78, 5) is 10.1. The molecule has 0 amide bonds. The second kappa shape index (κ2) is 3.39. The van der Waals surface area contributed by atoms with Crippen molar-refractivity contribution >= 4 is 14.5 Å². The van der Waals surface area contributed by atoms with Crippen LogP contribution in [-0.2, 0) is 9.53 Å². The Morgan fingerprint density at radius 2 is 1.82 bits per heavy atom. The van der Waals surface area contributed by atoms with Gasteiger partial charge in [-0.15, -0.1) is 0 Å². The van der Waals surface area contributed by atoms with Gasteiger partial charge in [0.15, 0.2) is 0 Å². The van der Waals surface area contributed by atoms with Crippen molar-refractivity contribution in [2.24, 2.45) is 0 Å². The van der Waals surface area contributed by atoms with E-state index in [1.807, 2.05) is 13.8 Å². The van der Waals surface area contributed by atoms with Crippen LogP contribution in [0.15, 0.2) is 0 Å². The fourth-order valence-electron chi connectivity index (χ4n) is 1.45. The zero-order valence-corrected chi connectivity index (χ0v) is 9.10. The van der Waals surface area contributed by atoms with Gasteiger partial charge in [0.1, 0.15) is 5.60 Å². The summed E-state index contributed by atoms with van der Waals surface area (Å²) in [5, 5.41) is 0. The lowest BCUT2D eigenvalue weighted by Gasteiger charge is -2.29. The highest BCUT2D eigenvalue weighted by molar-refractivity contribution is 6.76. The largest absolute Gasteiger partial charge is 0.462 e. The van der Waals surface area contributed by atoms with Gasteiger partial charge in [-0.05, 0) is 19.9 Å². The highest BCUT2D eigenvalue weighted by Gasteiger charge is 2.27. The molecule has 11 heavy (non-hydrogen) atoms. The van der Waals surface area contributed by atoms with Gasteiger partial charge in [0.25, 0.3) is 6.47 Å². The number of ether oxygens (including phenoxy) is 1. The van der Waals surface area contributed by atoms with Crippen molar-refractivity contribution in [2.45, 2.75) is 45.1 Å². The highest BCUT2D eigenvalue weighted by Crippen LogP contribution is 2.22. The molecule has 66 valence electrons. The van der Waals surface area contributed by atoms with Crippen molar-refractivity contribution < 1.29 is 9.53 Å². The zero-order valence-electron chi connectivity index (χ0n) is 8.10. The maximum Gasteiger partial charge on any atom is 0.293 e. The molecule has 0 radical (unpaired) electrons. The first-order chi connectivity index (χ1) is 4.77. The number of hydrogen-bond acceptors (Lipinski definition) is 2. The van der Waals surface area contributed by atoms with E-state index >= 15 is 0 Å². The molecular formula is C8H18O2Si. The Bertz CT molecular complexity index is 136. The van der Waals surface area contributed by atoms with E-state index in [2.05, 4.69) is 19.6 Å². The van der Waals surface area contributed by atoms with Crippen LogP contribution in [0.1, 0.15) is 13.8 Å². The van der Waals surface area contributed by atoms with E-state index in [0.717, 1.165) is 6.04 Å². The van der Waals surface area contributed by atoms with Crippen LogP contribution in [-0.4, -0.2) is 20.1 Å². The average Bonchev–Trinajstić information content (AvgIpc) is 1.55. The fourth-order valence-corrected chi connectivity index (χ4v) is 4.09. The summed E-state index contributed by atoms with van der Waals surface area (Å²) in [7, 11) is -1.11.